The molecule has 3 nitrogen and oxygen atoms in total. The molecule has 11 heavy (non-hydrogen) atoms. The number of hydrogen-bond acceptors (Lipinski definition) is 2. The topological polar surface area (TPSA) is 46.5 Å². The third-order valence-corrected chi connectivity index (χ3v) is 3.06. The van der Waals surface area contributed by atoms with Gasteiger partial charge in [-0.25, -0.2) is 0 Å². The number of carboxylic acid groups (broad SMARTS) is 1. The summed E-state index contributed by atoms with van der Waals surface area (Å²) in [5, 5.41) is 8.83. The molecule has 1 saturated carbocycles. The van der Waals surface area contributed by atoms with Gasteiger partial charge in [-0.15, -0.1) is 0 Å². The van der Waals surface area contributed by atoms with E-state index in [1.807, 2.05) is 0 Å². The summed E-state index contributed by atoms with van der Waals surface area (Å²) < 4.78 is 5.20. The lowest BCUT2D eigenvalue weighted by Gasteiger charge is -2.39. The highest BCUT2D eigenvalue weighted by Gasteiger charge is 2.51. The summed E-state index contributed by atoms with van der Waals surface area (Å²) in [6.07, 6.45) is 3.26. The molecule has 2 rings (SSSR count). The van der Waals surface area contributed by atoms with Gasteiger partial charge < -0.3 is 9.84 Å². The molecular formula is C8H12O3. The largest absolute Gasteiger partial charge is 0.481 e. The maximum Gasteiger partial charge on any atom is 0.309 e. The third kappa shape index (κ3) is 0.872. The lowest BCUT2D eigenvalue weighted by Crippen LogP contribution is -2.40. The summed E-state index contributed by atoms with van der Waals surface area (Å²) in [4.78, 5) is 10.7. The SMILES string of the molecule is O=C(O)C1COCC12CCC2. The fraction of sp³-hybridized carbons (Fsp3) is 0.875. The van der Waals surface area contributed by atoms with Crippen molar-refractivity contribution in [2.24, 2.45) is 11.3 Å². The van der Waals surface area contributed by atoms with Crippen LogP contribution in [0.2, 0.25) is 0 Å². The standard InChI is InChI=1S/C8H12O3/c9-7(10)6-4-11-5-8(6)2-1-3-8/h6H,1-5H2,(H,9,10). The molecule has 2 fully saturated rings. The summed E-state index contributed by atoms with van der Waals surface area (Å²) in [7, 11) is 0. The van der Waals surface area contributed by atoms with Crippen molar-refractivity contribution in [2.75, 3.05) is 13.2 Å². The molecule has 0 aromatic rings. The molecule has 3 heteroatoms. The zero-order valence-electron chi connectivity index (χ0n) is 6.38. The molecule has 1 spiro atoms. The first-order valence-corrected chi connectivity index (χ1v) is 4.05. The fourth-order valence-electron chi connectivity index (χ4n) is 2.11. The highest BCUT2D eigenvalue weighted by Crippen LogP contribution is 2.50. The van der Waals surface area contributed by atoms with Gasteiger partial charge in [-0.05, 0) is 12.8 Å². The molecule has 1 saturated heterocycles. The highest BCUT2D eigenvalue weighted by atomic mass is 16.5. The quantitative estimate of drug-likeness (QED) is 0.613. The van der Waals surface area contributed by atoms with Crippen LogP contribution >= 0.6 is 0 Å². The number of aliphatic carboxylic acids is 1. The van der Waals surface area contributed by atoms with Gasteiger partial charge in [0, 0.05) is 5.41 Å². The number of rotatable bonds is 1. The van der Waals surface area contributed by atoms with Gasteiger partial charge in [-0.3, -0.25) is 4.79 Å². The lowest BCUT2D eigenvalue weighted by atomic mass is 9.63. The van der Waals surface area contributed by atoms with Gasteiger partial charge in [-0.1, -0.05) is 6.42 Å². The van der Waals surface area contributed by atoms with Crippen molar-refractivity contribution in [3.05, 3.63) is 0 Å². The monoisotopic (exact) mass is 156 g/mol. The number of hydrogen-bond donors (Lipinski definition) is 1. The molecule has 2 aliphatic rings. The fourth-order valence-corrected chi connectivity index (χ4v) is 2.11. The molecule has 0 radical (unpaired) electrons. The van der Waals surface area contributed by atoms with E-state index in [1.165, 1.54) is 6.42 Å². The Kier molecular flexibility index (Phi) is 1.42. The minimum atomic E-state index is -0.679. The number of carbonyl (C=O) groups is 1. The van der Waals surface area contributed by atoms with Crippen molar-refractivity contribution < 1.29 is 14.6 Å². The van der Waals surface area contributed by atoms with Crippen molar-refractivity contribution >= 4 is 5.97 Å². The van der Waals surface area contributed by atoms with Gasteiger partial charge >= 0.3 is 5.97 Å². The highest BCUT2D eigenvalue weighted by molar-refractivity contribution is 5.71. The van der Waals surface area contributed by atoms with Crippen molar-refractivity contribution in [3.8, 4) is 0 Å². The Bertz CT molecular complexity index is 184. The van der Waals surface area contributed by atoms with E-state index in [9.17, 15) is 4.79 Å². The van der Waals surface area contributed by atoms with Crippen LogP contribution in [0.15, 0.2) is 0 Å². The molecule has 1 aliphatic heterocycles. The smallest absolute Gasteiger partial charge is 0.309 e. The average Bonchev–Trinajstić information content (AvgIpc) is 2.27. The molecule has 1 aliphatic carbocycles. The first-order chi connectivity index (χ1) is 5.25. The van der Waals surface area contributed by atoms with Crippen LogP contribution in [0.4, 0.5) is 0 Å². The Morgan fingerprint density at radius 3 is 2.64 bits per heavy atom. The van der Waals surface area contributed by atoms with Gasteiger partial charge in [-0.2, -0.15) is 0 Å². The summed E-state index contributed by atoms with van der Waals surface area (Å²) in [6, 6.07) is 0. The van der Waals surface area contributed by atoms with Crippen LogP contribution in [-0.4, -0.2) is 24.3 Å². The normalized spacial score (nSPS) is 33.6. The van der Waals surface area contributed by atoms with E-state index in [0.29, 0.717) is 13.2 Å². The second kappa shape index (κ2) is 2.21. The summed E-state index contributed by atoms with van der Waals surface area (Å²) in [5.74, 6) is -0.904. The molecular weight excluding hydrogens is 144 g/mol. The van der Waals surface area contributed by atoms with Gasteiger partial charge in [0.25, 0.3) is 0 Å². The van der Waals surface area contributed by atoms with Crippen LogP contribution in [0, 0.1) is 11.3 Å². The van der Waals surface area contributed by atoms with Crippen LogP contribution in [0.25, 0.3) is 0 Å². The average molecular weight is 156 g/mol. The van der Waals surface area contributed by atoms with E-state index in [4.69, 9.17) is 9.84 Å². The lowest BCUT2D eigenvalue weighted by molar-refractivity contribution is -0.146. The van der Waals surface area contributed by atoms with Crippen LogP contribution in [0.5, 0.6) is 0 Å². The Morgan fingerprint density at radius 1 is 1.55 bits per heavy atom. The predicted octanol–water partition coefficient (Wildman–Crippen LogP) is 0.888. The van der Waals surface area contributed by atoms with E-state index >= 15 is 0 Å². The van der Waals surface area contributed by atoms with Gasteiger partial charge in [0.2, 0.25) is 0 Å². The van der Waals surface area contributed by atoms with Crippen molar-refractivity contribution in [2.45, 2.75) is 19.3 Å². The molecule has 0 amide bonds. The minimum Gasteiger partial charge on any atom is -0.481 e. The Morgan fingerprint density at radius 2 is 2.27 bits per heavy atom. The predicted molar refractivity (Wildman–Crippen MR) is 38.2 cm³/mol. The van der Waals surface area contributed by atoms with Crippen LogP contribution in [0.3, 0.4) is 0 Å². The number of carboxylic acids is 1. The number of ether oxygens (including phenoxy) is 1. The van der Waals surface area contributed by atoms with E-state index < -0.39 is 5.97 Å². The van der Waals surface area contributed by atoms with Gasteiger partial charge in [0.15, 0.2) is 0 Å². The van der Waals surface area contributed by atoms with Crippen molar-refractivity contribution in [3.63, 3.8) is 0 Å². The Labute approximate surface area is 65.4 Å². The molecule has 1 atom stereocenters. The molecule has 1 N–H and O–H groups in total. The zero-order valence-corrected chi connectivity index (χ0v) is 6.38. The van der Waals surface area contributed by atoms with Crippen LogP contribution in [-0.2, 0) is 9.53 Å². The summed E-state index contributed by atoms with van der Waals surface area (Å²) in [5.41, 5.74) is 0.0336. The van der Waals surface area contributed by atoms with Crippen LogP contribution in [0.1, 0.15) is 19.3 Å². The van der Waals surface area contributed by atoms with Crippen molar-refractivity contribution in [1.82, 2.24) is 0 Å². The maximum absolute atomic E-state index is 10.7. The van der Waals surface area contributed by atoms with E-state index in [2.05, 4.69) is 0 Å². The zero-order chi connectivity index (χ0) is 7.90. The van der Waals surface area contributed by atoms with E-state index in [1.54, 1.807) is 0 Å². The molecule has 0 aromatic carbocycles. The Balaban J connectivity index is 2.13. The molecule has 0 aromatic heterocycles. The molecule has 62 valence electrons. The summed E-state index contributed by atoms with van der Waals surface area (Å²) >= 11 is 0. The third-order valence-electron chi connectivity index (χ3n) is 3.06. The second-order valence-corrected chi connectivity index (χ2v) is 3.62. The van der Waals surface area contributed by atoms with Crippen molar-refractivity contribution in [1.29, 1.82) is 0 Å². The first-order valence-electron chi connectivity index (χ1n) is 4.05. The molecule has 0 bridgehead atoms. The maximum atomic E-state index is 10.7. The van der Waals surface area contributed by atoms with Gasteiger partial charge in [0.05, 0.1) is 19.1 Å². The minimum absolute atomic E-state index is 0.0336. The molecule has 1 unspecified atom stereocenters. The molecule has 1 heterocycles. The first kappa shape index (κ1) is 7.10. The second-order valence-electron chi connectivity index (χ2n) is 3.62. The van der Waals surface area contributed by atoms with Crippen LogP contribution < -0.4 is 0 Å². The summed E-state index contributed by atoms with van der Waals surface area (Å²) in [6.45, 7) is 1.10. The van der Waals surface area contributed by atoms with E-state index in [0.717, 1.165) is 12.8 Å². The van der Waals surface area contributed by atoms with E-state index in [-0.39, 0.29) is 11.3 Å². The van der Waals surface area contributed by atoms with Gasteiger partial charge in [0.1, 0.15) is 0 Å². The Hall–Kier alpha value is -0.570.